The van der Waals surface area contributed by atoms with E-state index < -0.39 is 17.5 Å². The summed E-state index contributed by atoms with van der Waals surface area (Å²) in [4.78, 5) is 36.0. The van der Waals surface area contributed by atoms with E-state index in [1.54, 1.807) is 20.8 Å². The predicted molar refractivity (Wildman–Crippen MR) is 99.4 cm³/mol. The number of benzene rings is 1. The first kappa shape index (κ1) is 22.2. The molecule has 0 heterocycles. The molecule has 0 spiro atoms. The van der Waals surface area contributed by atoms with Crippen molar-refractivity contribution in [1.82, 2.24) is 5.32 Å². The lowest BCUT2D eigenvalue weighted by Gasteiger charge is -2.32. The molecule has 0 aliphatic heterocycles. The first-order valence-electron chi connectivity index (χ1n) is 8.93. The average Bonchev–Trinajstić information content (AvgIpc) is 2.66. The Bertz CT molecular complexity index is 643. The van der Waals surface area contributed by atoms with Crippen LogP contribution in [0.4, 0.5) is 0 Å². The molecule has 0 aromatic heterocycles. The number of hydrogen-bond acceptors (Lipinski definition) is 6. The summed E-state index contributed by atoms with van der Waals surface area (Å²) in [5.41, 5.74) is -0.313. The third kappa shape index (κ3) is 6.44. The second-order valence-corrected chi connectivity index (χ2v) is 5.66. The molecule has 0 saturated heterocycles. The topological polar surface area (TPSA) is 90.9 Å². The summed E-state index contributed by atoms with van der Waals surface area (Å²) < 4.78 is 15.7. The van der Waals surface area contributed by atoms with Crippen LogP contribution in [0.3, 0.4) is 0 Å². The van der Waals surface area contributed by atoms with E-state index in [1.807, 2.05) is 30.3 Å². The standard InChI is InChI=1S/C20H27NO6/c1-4-17(14-25-13-16-10-8-7-9-11-16)20(21-15-22,19(24)27-6-3)12-18(23)26-5-2/h7-11,14-15H,4-6,12-13H2,1-3H3,(H,21,22)/b17-14+. The number of esters is 2. The smallest absolute Gasteiger partial charge is 0.336 e. The molecule has 0 fully saturated rings. The number of hydrogen-bond donors (Lipinski definition) is 1. The molecule has 1 aromatic rings. The Balaban J connectivity index is 3.16. The van der Waals surface area contributed by atoms with Crippen molar-refractivity contribution < 1.29 is 28.6 Å². The van der Waals surface area contributed by atoms with Crippen LogP contribution in [0.25, 0.3) is 0 Å². The van der Waals surface area contributed by atoms with Crippen molar-refractivity contribution in [3.63, 3.8) is 0 Å². The summed E-state index contributed by atoms with van der Waals surface area (Å²) in [7, 11) is 0. The monoisotopic (exact) mass is 377 g/mol. The second-order valence-electron chi connectivity index (χ2n) is 5.66. The first-order chi connectivity index (χ1) is 13.0. The van der Waals surface area contributed by atoms with Crippen molar-refractivity contribution in [3.8, 4) is 0 Å². The highest BCUT2D eigenvalue weighted by Gasteiger charge is 2.45. The van der Waals surface area contributed by atoms with Crippen LogP contribution in [-0.4, -0.2) is 37.1 Å². The molecule has 0 aliphatic carbocycles. The van der Waals surface area contributed by atoms with Crippen LogP contribution >= 0.6 is 0 Å². The van der Waals surface area contributed by atoms with Gasteiger partial charge in [-0.1, -0.05) is 37.3 Å². The Labute approximate surface area is 159 Å². The Morgan fingerprint density at radius 1 is 1.07 bits per heavy atom. The van der Waals surface area contributed by atoms with E-state index in [0.29, 0.717) is 18.4 Å². The minimum atomic E-state index is -1.67. The van der Waals surface area contributed by atoms with E-state index in [2.05, 4.69) is 5.32 Å². The molecule has 1 aromatic carbocycles. The van der Waals surface area contributed by atoms with Gasteiger partial charge >= 0.3 is 11.9 Å². The third-order valence-corrected chi connectivity index (χ3v) is 3.89. The van der Waals surface area contributed by atoms with E-state index in [-0.39, 0.29) is 26.2 Å². The number of carbonyl (C=O) groups excluding carboxylic acids is 3. The van der Waals surface area contributed by atoms with Gasteiger partial charge < -0.3 is 19.5 Å². The number of ether oxygens (including phenoxy) is 3. The number of carbonyl (C=O) groups is 3. The molecular weight excluding hydrogens is 350 g/mol. The van der Waals surface area contributed by atoms with Crippen molar-refractivity contribution in [2.24, 2.45) is 0 Å². The average molecular weight is 377 g/mol. The Hall–Kier alpha value is -2.83. The van der Waals surface area contributed by atoms with E-state index in [9.17, 15) is 14.4 Å². The lowest BCUT2D eigenvalue weighted by atomic mass is 9.85. The highest BCUT2D eigenvalue weighted by atomic mass is 16.5. The largest absolute Gasteiger partial charge is 0.496 e. The minimum Gasteiger partial charge on any atom is -0.496 e. The van der Waals surface area contributed by atoms with Gasteiger partial charge in [0.15, 0.2) is 5.54 Å². The van der Waals surface area contributed by atoms with E-state index in [1.165, 1.54) is 6.26 Å². The lowest BCUT2D eigenvalue weighted by molar-refractivity contribution is -0.157. The van der Waals surface area contributed by atoms with Crippen molar-refractivity contribution in [3.05, 3.63) is 47.7 Å². The quantitative estimate of drug-likeness (QED) is 0.342. The van der Waals surface area contributed by atoms with Gasteiger partial charge in [0.25, 0.3) is 0 Å². The molecule has 1 N–H and O–H groups in total. The van der Waals surface area contributed by atoms with Gasteiger partial charge in [-0.3, -0.25) is 9.59 Å². The highest BCUT2D eigenvalue weighted by Crippen LogP contribution is 2.27. The molecule has 7 nitrogen and oxygen atoms in total. The molecular formula is C20H27NO6. The molecule has 148 valence electrons. The van der Waals surface area contributed by atoms with Crippen molar-refractivity contribution >= 4 is 18.3 Å². The van der Waals surface area contributed by atoms with Gasteiger partial charge in [0, 0.05) is 5.57 Å². The van der Waals surface area contributed by atoms with Gasteiger partial charge in [-0.2, -0.15) is 0 Å². The van der Waals surface area contributed by atoms with Crippen LogP contribution in [0.15, 0.2) is 42.2 Å². The maximum Gasteiger partial charge on any atom is 0.336 e. The number of rotatable bonds is 12. The second kappa shape index (κ2) is 11.7. The minimum absolute atomic E-state index is 0.103. The third-order valence-electron chi connectivity index (χ3n) is 3.89. The molecule has 0 bridgehead atoms. The fourth-order valence-corrected chi connectivity index (χ4v) is 2.60. The summed E-state index contributed by atoms with van der Waals surface area (Å²) >= 11 is 0. The van der Waals surface area contributed by atoms with Crippen LogP contribution < -0.4 is 5.32 Å². The zero-order valence-corrected chi connectivity index (χ0v) is 16.0. The highest BCUT2D eigenvalue weighted by molar-refractivity contribution is 5.92. The Morgan fingerprint density at radius 2 is 1.74 bits per heavy atom. The van der Waals surface area contributed by atoms with Gasteiger partial charge in [0.2, 0.25) is 6.41 Å². The SMILES string of the molecule is CCOC(=O)CC(NC=O)(C(=O)OCC)/C(=C/OCc1ccccc1)CC. The van der Waals surface area contributed by atoms with Crippen LogP contribution in [-0.2, 0) is 35.2 Å². The number of nitrogens with one attached hydrogen (secondary N) is 1. The summed E-state index contributed by atoms with van der Waals surface area (Å²) in [5.74, 6) is -1.36. The Morgan fingerprint density at radius 3 is 2.30 bits per heavy atom. The lowest BCUT2D eigenvalue weighted by Crippen LogP contribution is -2.55. The maximum absolute atomic E-state index is 12.7. The van der Waals surface area contributed by atoms with E-state index in [4.69, 9.17) is 14.2 Å². The molecule has 0 radical (unpaired) electrons. The summed E-state index contributed by atoms with van der Waals surface area (Å²) in [6, 6.07) is 9.48. The van der Waals surface area contributed by atoms with Crippen LogP contribution in [0.1, 0.15) is 39.2 Å². The van der Waals surface area contributed by atoms with Gasteiger partial charge in [-0.05, 0) is 25.8 Å². The summed E-state index contributed by atoms with van der Waals surface area (Å²) in [5, 5.41) is 2.47. The normalized spacial score (nSPS) is 13.2. The van der Waals surface area contributed by atoms with Gasteiger partial charge in [0.1, 0.15) is 6.61 Å². The molecule has 1 rings (SSSR count). The van der Waals surface area contributed by atoms with Gasteiger partial charge in [-0.25, -0.2) is 4.79 Å². The molecule has 0 aliphatic rings. The molecule has 27 heavy (non-hydrogen) atoms. The van der Waals surface area contributed by atoms with Gasteiger partial charge in [-0.15, -0.1) is 0 Å². The van der Waals surface area contributed by atoms with Crippen molar-refractivity contribution in [2.45, 2.75) is 45.8 Å². The maximum atomic E-state index is 12.7. The van der Waals surface area contributed by atoms with Crippen LogP contribution in [0, 0.1) is 0 Å². The fraction of sp³-hybridized carbons (Fsp3) is 0.450. The molecule has 1 amide bonds. The molecule has 0 saturated carbocycles. The van der Waals surface area contributed by atoms with E-state index >= 15 is 0 Å². The van der Waals surface area contributed by atoms with Crippen LogP contribution in [0.2, 0.25) is 0 Å². The van der Waals surface area contributed by atoms with Crippen LogP contribution in [0.5, 0.6) is 0 Å². The predicted octanol–water partition coefficient (Wildman–Crippen LogP) is 2.50. The zero-order valence-electron chi connectivity index (χ0n) is 16.0. The van der Waals surface area contributed by atoms with Crippen molar-refractivity contribution in [2.75, 3.05) is 13.2 Å². The molecule has 7 heteroatoms. The first-order valence-corrected chi connectivity index (χ1v) is 8.93. The zero-order chi connectivity index (χ0) is 20.1. The fourth-order valence-electron chi connectivity index (χ4n) is 2.60. The molecule has 1 unspecified atom stereocenters. The Kier molecular flexibility index (Phi) is 9.64. The molecule has 1 atom stereocenters. The van der Waals surface area contributed by atoms with E-state index in [0.717, 1.165) is 5.56 Å². The summed E-state index contributed by atoms with van der Waals surface area (Å²) in [6.45, 7) is 5.65. The van der Waals surface area contributed by atoms with Crippen molar-refractivity contribution in [1.29, 1.82) is 0 Å². The summed E-state index contributed by atoms with van der Waals surface area (Å²) in [6.07, 6.45) is 1.75. The van der Waals surface area contributed by atoms with Gasteiger partial charge in [0.05, 0.1) is 25.9 Å². The number of amides is 1.